The molecule has 2 rings (SSSR count). The lowest BCUT2D eigenvalue weighted by molar-refractivity contribution is -0.385. The molecule has 6 heteroatoms. The molecule has 0 saturated carbocycles. The number of hydrogen-bond acceptors (Lipinski definition) is 4. The Balaban J connectivity index is 2.27. The summed E-state index contributed by atoms with van der Waals surface area (Å²) in [6.45, 7) is 1.77. The molecule has 5 nitrogen and oxygen atoms in total. The Morgan fingerprint density at radius 1 is 1.33 bits per heavy atom. The highest BCUT2D eigenvalue weighted by Gasteiger charge is 2.15. The monoisotopic (exact) mass is 285 g/mol. The van der Waals surface area contributed by atoms with E-state index in [-0.39, 0.29) is 23.1 Å². The van der Waals surface area contributed by atoms with Crippen LogP contribution in [0.1, 0.15) is 24.1 Å². The zero-order chi connectivity index (χ0) is 15.4. The number of hydrogen-bond donors (Lipinski definition) is 1. The maximum Gasteiger partial charge on any atom is 0.287 e. The van der Waals surface area contributed by atoms with Crippen LogP contribution in [0.4, 0.5) is 15.8 Å². The number of anilines is 1. The number of halogens is 1. The van der Waals surface area contributed by atoms with E-state index in [2.05, 4.69) is 5.32 Å². The Morgan fingerprint density at radius 2 is 2.05 bits per heavy atom. The fraction of sp³-hybridized carbons (Fsp3) is 0.133. The summed E-state index contributed by atoms with van der Waals surface area (Å²) in [5, 5.41) is 22.7. The summed E-state index contributed by atoms with van der Waals surface area (Å²) in [6, 6.07) is 11.9. The first-order valence-corrected chi connectivity index (χ1v) is 6.22. The Kier molecular flexibility index (Phi) is 4.14. The molecule has 0 amide bonds. The van der Waals surface area contributed by atoms with Gasteiger partial charge < -0.3 is 5.32 Å². The molecular weight excluding hydrogens is 273 g/mol. The summed E-state index contributed by atoms with van der Waals surface area (Å²) < 4.78 is 13.7. The van der Waals surface area contributed by atoms with Gasteiger partial charge in [0.15, 0.2) is 0 Å². The second-order valence-corrected chi connectivity index (χ2v) is 4.49. The van der Waals surface area contributed by atoms with Crippen LogP contribution in [-0.2, 0) is 0 Å². The van der Waals surface area contributed by atoms with Gasteiger partial charge in [-0.05, 0) is 25.1 Å². The molecule has 0 radical (unpaired) electrons. The molecule has 0 aromatic heterocycles. The highest BCUT2D eigenvalue weighted by Crippen LogP contribution is 2.26. The number of nitriles is 1. The lowest BCUT2D eigenvalue weighted by Crippen LogP contribution is -2.08. The molecular formula is C15H12FN3O2. The average Bonchev–Trinajstić information content (AvgIpc) is 2.47. The van der Waals surface area contributed by atoms with E-state index in [0.29, 0.717) is 11.3 Å². The van der Waals surface area contributed by atoms with Gasteiger partial charge in [0, 0.05) is 17.3 Å². The Bertz CT molecular complexity index is 725. The van der Waals surface area contributed by atoms with Crippen molar-refractivity contribution in [2.75, 3.05) is 5.32 Å². The Hall–Kier alpha value is -2.94. The molecule has 0 heterocycles. The number of nitro groups is 1. The van der Waals surface area contributed by atoms with E-state index >= 15 is 0 Å². The predicted octanol–water partition coefficient (Wildman–Crippen LogP) is 3.78. The minimum atomic E-state index is -0.609. The normalized spacial score (nSPS) is 11.5. The first-order chi connectivity index (χ1) is 10.0. The Morgan fingerprint density at radius 3 is 2.67 bits per heavy atom. The first-order valence-electron chi connectivity index (χ1n) is 6.22. The highest BCUT2D eigenvalue weighted by molar-refractivity contribution is 5.59. The molecule has 0 bridgehead atoms. The quantitative estimate of drug-likeness (QED) is 0.685. The summed E-state index contributed by atoms with van der Waals surface area (Å²) in [5.41, 5.74) is 0.717. The lowest BCUT2D eigenvalue weighted by Gasteiger charge is -2.16. The molecule has 2 aromatic rings. The molecule has 0 aliphatic rings. The molecule has 0 fully saturated rings. The average molecular weight is 285 g/mol. The summed E-state index contributed by atoms with van der Waals surface area (Å²) in [4.78, 5) is 10.2. The third-order valence-electron chi connectivity index (χ3n) is 3.07. The number of nitrogens with one attached hydrogen (secondary N) is 1. The number of benzene rings is 2. The van der Waals surface area contributed by atoms with Gasteiger partial charge in [-0.2, -0.15) is 5.26 Å². The van der Waals surface area contributed by atoms with Gasteiger partial charge in [-0.25, -0.2) is 4.39 Å². The summed E-state index contributed by atoms with van der Waals surface area (Å²) in [7, 11) is 0. The van der Waals surface area contributed by atoms with Crippen molar-refractivity contribution in [1.82, 2.24) is 0 Å². The molecule has 0 saturated heterocycles. The minimum absolute atomic E-state index is 0.0364. The largest absolute Gasteiger partial charge is 0.378 e. The van der Waals surface area contributed by atoms with Crippen LogP contribution >= 0.6 is 0 Å². The van der Waals surface area contributed by atoms with E-state index in [4.69, 9.17) is 5.26 Å². The van der Waals surface area contributed by atoms with Crippen LogP contribution in [0.15, 0.2) is 42.5 Å². The number of nitro benzene ring substituents is 1. The second-order valence-electron chi connectivity index (χ2n) is 4.49. The third-order valence-corrected chi connectivity index (χ3v) is 3.07. The molecule has 1 atom stereocenters. The van der Waals surface area contributed by atoms with E-state index in [1.165, 1.54) is 24.3 Å². The molecule has 2 aromatic carbocycles. The maximum atomic E-state index is 13.7. The summed E-state index contributed by atoms with van der Waals surface area (Å²) >= 11 is 0. The molecule has 1 unspecified atom stereocenters. The standard InChI is InChI=1S/C15H12FN3O2/c1-10(13-4-2-3-5-14(13)16)18-12-6-7-15(19(20)21)11(8-12)9-17/h2-8,10,18H,1H3. The fourth-order valence-electron chi connectivity index (χ4n) is 2.03. The molecule has 1 N–H and O–H groups in total. The summed E-state index contributed by atoms with van der Waals surface area (Å²) in [6.07, 6.45) is 0. The van der Waals surface area contributed by atoms with Crippen molar-refractivity contribution in [3.63, 3.8) is 0 Å². The van der Waals surface area contributed by atoms with Crippen LogP contribution in [0, 0.1) is 27.3 Å². The van der Waals surface area contributed by atoms with Crippen molar-refractivity contribution in [3.05, 3.63) is 69.5 Å². The second kappa shape index (κ2) is 6.01. The Labute approximate surface area is 120 Å². The van der Waals surface area contributed by atoms with Crippen molar-refractivity contribution < 1.29 is 9.31 Å². The zero-order valence-electron chi connectivity index (χ0n) is 11.2. The predicted molar refractivity (Wildman–Crippen MR) is 76.2 cm³/mol. The number of rotatable bonds is 4. The van der Waals surface area contributed by atoms with Gasteiger partial charge in [0.25, 0.3) is 5.69 Å². The van der Waals surface area contributed by atoms with Crippen LogP contribution in [-0.4, -0.2) is 4.92 Å². The SMILES string of the molecule is CC(Nc1ccc([N+](=O)[O-])c(C#N)c1)c1ccccc1F. The van der Waals surface area contributed by atoms with Gasteiger partial charge in [0.05, 0.1) is 11.0 Å². The molecule has 0 aliphatic heterocycles. The van der Waals surface area contributed by atoms with Crippen LogP contribution in [0.25, 0.3) is 0 Å². The first kappa shape index (κ1) is 14.5. The van der Waals surface area contributed by atoms with Crippen LogP contribution < -0.4 is 5.32 Å². The van der Waals surface area contributed by atoms with Crippen molar-refractivity contribution in [3.8, 4) is 6.07 Å². The lowest BCUT2D eigenvalue weighted by atomic mass is 10.1. The third kappa shape index (κ3) is 3.15. The highest BCUT2D eigenvalue weighted by atomic mass is 19.1. The van der Waals surface area contributed by atoms with Gasteiger partial charge in [0.1, 0.15) is 17.4 Å². The fourth-order valence-corrected chi connectivity index (χ4v) is 2.03. The van der Waals surface area contributed by atoms with Crippen LogP contribution in [0.3, 0.4) is 0 Å². The molecule has 0 aliphatic carbocycles. The van der Waals surface area contributed by atoms with E-state index in [9.17, 15) is 14.5 Å². The maximum absolute atomic E-state index is 13.7. The topological polar surface area (TPSA) is 79.0 Å². The van der Waals surface area contributed by atoms with E-state index in [1.807, 2.05) is 0 Å². The molecule has 21 heavy (non-hydrogen) atoms. The molecule has 0 spiro atoms. The van der Waals surface area contributed by atoms with Crippen molar-refractivity contribution in [2.24, 2.45) is 0 Å². The van der Waals surface area contributed by atoms with Crippen molar-refractivity contribution in [1.29, 1.82) is 5.26 Å². The van der Waals surface area contributed by atoms with Crippen LogP contribution in [0.2, 0.25) is 0 Å². The number of nitrogens with zero attached hydrogens (tertiary/aromatic N) is 2. The van der Waals surface area contributed by atoms with Gasteiger partial charge in [-0.1, -0.05) is 18.2 Å². The smallest absolute Gasteiger partial charge is 0.287 e. The minimum Gasteiger partial charge on any atom is -0.378 e. The molecule has 106 valence electrons. The van der Waals surface area contributed by atoms with Gasteiger partial charge in [-0.15, -0.1) is 0 Å². The van der Waals surface area contributed by atoms with Gasteiger partial charge >= 0.3 is 0 Å². The van der Waals surface area contributed by atoms with Gasteiger partial charge in [0.2, 0.25) is 0 Å². The zero-order valence-corrected chi connectivity index (χ0v) is 11.2. The van der Waals surface area contributed by atoms with E-state index in [1.54, 1.807) is 31.2 Å². The summed E-state index contributed by atoms with van der Waals surface area (Å²) in [5.74, 6) is -0.333. The van der Waals surface area contributed by atoms with Crippen molar-refractivity contribution in [2.45, 2.75) is 13.0 Å². The van der Waals surface area contributed by atoms with Crippen molar-refractivity contribution >= 4 is 11.4 Å². The van der Waals surface area contributed by atoms with Crippen LogP contribution in [0.5, 0.6) is 0 Å². The van der Waals surface area contributed by atoms with Gasteiger partial charge in [-0.3, -0.25) is 10.1 Å². The van der Waals surface area contributed by atoms with E-state index in [0.717, 1.165) is 0 Å². The van der Waals surface area contributed by atoms with E-state index < -0.39 is 4.92 Å².